The van der Waals surface area contributed by atoms with Gasteiger partial charge in [-0.3, -0.25) is 4.90 Å². The van der Waals surface area contributed by atoms with Gasteiger partial charge in [-0.05, 0) is 18.2 Å². The van der Waals surface area contributed by atoms with Crippen LogP contribution in [0.15, 0.2) is 24.3 Å². The van der Waals surface area contributed by atoms with E-state index in [-0.39, 0.29) is 6.67 Å². The second-order valence-corrected chi connectivity index (χ2v) is 3.45. The minimum Gasteiger partial charge on any atom is -0.326 e. The summed E-state index contributed by atoms with van der Waals surface area (Å²) in [5.74, 6) is 0. The molecule has 0 saturated carbocycles. The highest BCUT2D eigenvalue weighted by Crippen LogP contribution is 2.05. The molecule has 0 unspecified atom stereocenters. The van der Waals surface area contributed by atoms with E-state index in [1.54, 1.807) is 0 Å². The van der Waals surface area contributed by atoms with Crippen molar-refractivity contribution >= 4 is 0 Å². The Balaban J connectivity index is 2.50. The Morgan fingerprint density at radius 2 is 1.79 bits per heavy atom. The Kier molecular flexibility index (Phi) is 4.56. The number of benzene rings is 1. The number of rotatable bonds is 5. The van der Waals surface area contributed by atoms with Gasteiger partial charge in [-0.25, -0.2) is 4.39 Å². The van der Waals surface area contributed by atoms with Gasteiger partial charge >= 0.3 is 0 Å². The average molecular weight is 196 g/mol. The zero-order chi connectivity index (χ0) is 10.4. The minimum absolute atomic E-state index is 0.294. The molecule has 0 heterocycles. The first-order chi connectivity index (χ1) is 6.76. The molecule has 0 saturated heterocycles. The van der Waals surface area contributed by atoms with Gasteiger partial charge in [-0.15, -0.1) is 0 Å². The molecule has 0 spiro atoms. The molecule has 0 bridgehead atoms. The highest BCUT2D eigenvalue weighted by Gasteiger charge is 1.99. The second kappa shape index (κ2) is 5.73. The molecule has 0 aromatic heterocycles. The summed E-state index contributed by atoms with van der Waals surface area (Å²) in [6.07, 6.45) is 0. The fourth-order valence-electron chi connectivity index (χ4n) is 1.32. The van der Waals surface area contributed by atoms with Crippen LogP contribution in [0.25, 0.3) is 0 Å². The van der Waals surface area contributed by atoms with E-state index in [0.717, 1.165) is 12.1 Å². The number of halogens is 1. The van der Waals surface area contributed by atoms with E-state index in [1.165, 1.54) is 5.56 Å². The van der Waals surface area contributed by atoms with Crippen LogP contribution in [0.2, 0.25) is 0 Å². The van der Waals surface area contributed by atoms with Crippen molar-refractivity contribution in [2.45, 2.75) is 13.1 Å². The van der Waals surface area contributed by atoms with Crippen molar-refractivity contribution < 1.29 is 4.39 Å². The Morgan fingerprint density at radius 3 is 2.29 bits per heavy atom. The van der Waals surface area contributed by atoms with Crippen molar-refractivity contribution in [2.24, 2.45) is 5.73 Å². The summed E-state index contributed by atoms with van der Waals surface area (Å²) < 4.78 is 12.0. The van der Waals surface area contributed by atoms with Gasteiger partial charge < -0.3 is 5.73 Å². The predicted octanol–water partition coefficient (Wildman–Crippen LogP) is 1.55. The Bertz CT molecular complexity index is 258. The van der Waals surface area contributed by atoms with Gasteiger partial charge in [-0.1, -0.05) is 24.3 Å². The largest absolute Gasteiger partial charge is 0.326 e. The van der Waals surface area contributed by atoms with Crippen LogP contribution in [0.3, 0.4) is 0 Å². The first-order valence-electron chi connectivity index (χ1n) is 4.78. The third-order valence-electron chi connectivity index (χ3n) is 2.18. The molecule has 0 fully saturated rings. The van der Waals surface area contributed by atoms with E-state index >= 15 is 0 Å². The number of alkyl halides is 1. The van der Waals surface area contributed by atoms with E-state index in [0.29, 0.717) is 13.1 Å². The fraction of sp³-hybridized carbons (Fsp3) is 0.455. The Labute approximate surface area is 84.5 Å². The third kappa shape index (κ3) is 3.44. The highest BCUT2D eigenvalue weighted by molar-refractivity contribution is 5.22. The zero-order valence-electron chi connectivity index (χ0n) is 8.54. The molecule has 0 atom stereocenters. The van der Waals surface area contributed by atoms with Gasteiger partial charge in [0.05, 0.1) is 0 Å². The highest BCUT2D eigenvalue weighted by atomic mass is 19.1. The Hall–Kier alpha value is -0.930. The molecule has 0 radical (unpaired) electrons. The summed E-state index contributed by atoms with van der Waals surface area (Å²) in [7, 11) is 1.91. The first-order valence-corrected chi connectivity index (χ1v) is 4.78. The van der Waals surface area contributed by atoms with Crippen LogP contribution in [0, 0.1) is 0 Å². The normalized spacial score (nSPS) is 10.9. The van der Waals surface area contributed by atoms with Crippen molar-refractivity contribution in [1.82, 2.24) is 4.90 Å². The zero-order valence-corrected chi connectivity index (χ0v) is 8.54. The van der Waals surface area contributed by atoms with E-state index in [4.69, 9.17) is 5.73 Å². The average Bonchev–Trinajstić information content (AvgIpc) is 2.19. The number of hydrogen-bond donors (Lipinski definition) is 1. The van der Waals surface area contributed by atoms with Crippen LogP contribution >= 0.6 is 0 Å². The molecule has 0 aliphatic heterocycles. The molecule has 0 amide bonds. The molecular formula is C11H17FN2. The van der Waals surface area contributed by atoms with Crippen LogP contribution < -0.4 is 5.73 Å². The van der Waals surface area contributed by atoms with E-state index in [9.17, 15) is 4.39 Å². The molecule has 2 nitrogen and oxygen atoms in total. The molecule has 0 aliphatic rings. The molecule has 78 valence electrons. The summed E-state index contributed by atoms with van der Waals surface area (Å²) in [5.41, 5.74) is 7.81. The van der Waals surface area contributed by atoms with Crippen LogP contribution in [0.4, 0.5) is 4.39 Å². The number of hydrogen-bond acceptors (Lipinski definition) is 2. The predicted molar refractivity (Wildman–Crippen MR) is 56.6 cm³/mol. The first kappa shape index (κ1) is 11.1. The molecule has 2 N–H and O–H groups in total. The molecule has 0 aliphatic carbocycles. The number of nitrogens with zero attached hydrogens (tertiary/aromatic N) is 1. The van der Waals surface area contributed by atoms with E-state index < -0.39 is 0 Å². The summed E-state index contributed by atoms with van der Waals surface area (Å²) >= 11 is 0. The van der Waals surface area contributed by atoms with E-state index in [1.807, 2.05) is 36.2 Å². The van der Waals surface area contributed by atoms with E-state index in [2.05, 4.69) is 0 Å². The van der Waals surface area contributed by atoms with Crippen molar-refractivity contribution in [3.8, 4) is 0 Å². The van der Waals surface area contributed by atoms with Crippen LogP contribution in [0.1, 0.15) is 11.1 Å². The van der Waals surface area contributed by atoms with Crippen LogP contribution in [0.5, 0.6) is 0 Å². The minimum atomic E-state index is -0.294. The van der Waals surface area contributed by atoms with Gasteiger partial charge in [-0.2, -0.15) is 0 Å². The lowest BCUT2D eigenvalue weighted by Crippen LogP contribution is -2.20. The molecule has 1 aromatic carbocycles. The summed E-state index contributed by atoms with van der Waals surface area (Å²) in [6, 6.07) is 8.10. The van der Waals surface area contributed by atoms with Crippen molar-refractivity contribution in [2.75, 3.05) is 20.3 Å². The third-order valence-corrected chi connectivity index (χ3v) is 2.18. The SMILES string of the molecule is CN(CCF)Cc1ccc(CN)cc1. The lowest BCUT2D eigenvalue weighted by atomic mass is 10.1. The molecular weight excluding hydrogens is 179 g/mol. The molecule has 1 rings (SSSR count). The van der Waals surface area contributed by atoms with Gasteiger partial charge in [0.25, 0.3) is 0 Å². The summed E-state index contributed by atoms with van der Waals surface area (Å²) in [5, 5.41) is 0. The van der Waals surface area contributed by atoms with Gasteiger partial charge in [0.15, 0.2) is 0 Å². The lowest BCUT2D eigenvalue weighted by Gasteiger charge is -2.14. The van der Waals surface area contributed by atoms with Crippen LogP contribution in [-0.4, -0.2) is 25.2 Å². The number of nitrogens with two attached hydrogens (primary N) is 1. The van der Waals surface area contributed by atoms with Gasteiger partial charge in [0.2, 0.25) is 0 Å². The second-order valence-electron chi connectivity index (χ2n) is 3.45. The summed E-state index contributed by atoms with van der Waals surface area (Å²) in [4.78, 5) is 1.96. The maximum Gasteiger partial charge on any atom is 0.102 e. The van der Waals surface area contributed by atoms with Crippen LogP contribution in [-0.2, 0) is 13.1 Å². The lowest BCUT2D eigenvalue weighted by molar-refractivity contribution is 0.289. The maximum atomic E-state index is 12.0. The summed E-state index contributed by atoms with van der Waals surface area (Å²) in [6.45, 7) is 1.55. The molecule has 1 aromatic rings. The maximum absolute atomic E-state index is 12.0. The Morgan fingerprint density at radius 1 is 1.21 bits per heavy atom. The van der Waals surface area contributed by atoms with Crippen molar-refractivity contribution in [3.05, 3.63) is 35.4 Å². The van der Waals surface area contributed by atoms with Crippen molar-refractivity contribution in [3.63, 3.8) is 0 Å². The monoisotopic (exact) mass is 196 g/mol. The fourth-order valence-corrected chi connectivity index (χ4v) is 1.32. The molecule has 3 heteroatoms. The topological polar surface area (TPSA) is 29.3 Å². The molecule has 14 heavy (non-hydrogen) atoms. The standard InChI is InChI=1S/C11H17FN2/c1-14(7-6-12)9-11-4-2-10(8-13)3-5-11/h2-5H,6-9,13H2,1H3. The quantitative estimate of drug-likeness (QED) is 0.774. The smallest absolute Gasteiger partial charge is 0.102 e. The van der Waals surface area contributed by atoms with Gasteiger partial charge in [0.1, 0.15) is 6.67 Å². The van der Waals surface area contributed by atoms with Crippen molar-refractivity contribution in [1.29, 1.82) is 0 Å². The van der Waals surface area contributed by atoms with Gasteiger partial charge in [0, 0.05) is 19.6 Å².